The number of hydrogen-bond acceptors (Lipinski definition) is 2. The molecule has 1 aromatic heterocycles. The van der Waals surface area contributed by atoms with Gasteiger partial charge in [0.25, 0.3) is 0 Å². The van der Waals surface area contributed by atoms with Crippen molar-refractivity contribution in [3.8, 4) is 0 Å². The van der Waals surface area contributed by atoms with Crippen molar-refractivity contribution in [2.75, 3.05) is 5.32 Å². The third-order valence-corrected chi connectivity index (χ3v) is 3.46. The van der Waals surface area contributed by atoms with Crippen LogP contribution < -0.4 is 5.32 Å². The van der Waals surface area contributed by atoms with E-state index in [0.717, 1.165) is 23.5 Å². The summed E-state index contributed by atoms with van der Waals surface area (Å²) in [6.07, 6.45) is 0. The predicted octanol–water partition coefficient (Wildman–Crippen LogP) is 3.84. The van der Waals surface area contributed by atoms with E-state index in [1.807, 2.05) is 48.0 Å². The number of nitrogens with one attached hydrogen (secondary N) is 1. The van der Waals surface area contributed by atoms with E-state index in [-0.39, 0.29) is 0 Å². The molecule has 0 unspecified atom stereocenters. The molecule has 0 aliphatic rings. The zero-order chi connectivity index (χ0) is 13.2. The average molecular weight is 272 g/mol. The molecule has 3 aromatic rings. The second-order valence-electron chi connectivity index (χ2n) is 4.44. The molecule has 0 saturated heterocycles. The molecular formula is C15H14ClN3. The van der Waals surface area contributed by atoms with Crippen LogP contribution in [-0.2, 0) is 13.6 Å². The molecule has 0 saturated carbocycles. The molecule has 2 aromatic carbocycles. The Kier molecular flexibility index (Phi) is 3.13. The normalized spacial score (nSPS) is 10.8. The fourth-order valence-electron chi connectivity index (χ4n) is 2.12. The molecule has 0 bridgehead atoms. The summed E-state index contributed by atoms with van der Waals surface area (Å²) in [5, 5.41) is 4.02. The van der Waals surface area contributed by atoms with Gasteiger partial charge in [-0.05, 0) is 17.7 Å². The number of anilines is 1. The highest BCUT2D eigenvalue weighted by Gasteiger charge is 2.09. The van der Waals surface area contributed by atoms with Crippen LogP contribution in [-0.4, -0.2) is 9.55 Å². The fraction of sp³-hybridized carbons (Fsp3) is 0.133. The lowest BCUT2D eigenvalue weighted by molar-refractivity contribution is 0.927. The van der Waals surface area contributed by atoms with Crippen molar-refractivity contribution < 1.29 is 0 Å². The zero-order valence-corrected chi connectivity index (χ0v) is 11.4. The lowest BCUT2D eigenvalue weighted by atomic mass is 10.2. The van der Waals surface area contributed by atoms with E-state index in [4.69, 9.17) is 11.6 Å². The van der Waals surface area contributed by atoms with E-state index >= 15 is 0 Å². The van der Waals surface area contributed by atoms with E-state index in [9.17, 15) is 0 Å². The van der Waals surface area contributed by atoms with Crippen LogP contribution in [0.1, 0.15) is 5.56 Å². The van der Waals surface area contributed by atoms with Crippen molar-refractivity contribution >= 4 is 28.6 Å². The smallest absolute Gasteiger partial charge is 0.203 e. The van der Waals surface area contributed by atoms with Gasteiger partial charge in [-0.15, -0.1) is 0 Å². The molecule has 3 rings (SSSR count). The first-order chi connectivity index (χ1) is 9.25. The summed E-state index contributed by atoms with van der Waals surface area (Å²) >= 11 is 6.16. The largest absolute Gasteiger partial charge is 0.352 e. The molecule has 0 spiro atoms. The third kappa shape index (κ3) is 2.29. The summed E-state index contributed by atoms with van der Waals surface area (Å²) in [5.74, 6) is 0.826. The SMILES string of the molecule is Cn1c(NCc2ccccc2)nc2c(Cl)cccc21. The number of benzene rings is 2. The first-order valence-corrected chi connectivity index (χ1v) is 6.52. The molecule has 4 heteroatoms. The maximum absolute atomic E-state index is 6.16. The molecule has 0 atom stereocenters. The maximum Gasteiger partial charge on any atom is 0.203 e. The second-order valence-corrected chi connectivity index (χ2v) is 4.85. The first-order valence-electron chi connectivity index (χ1n) is 6.14. The minimum Gasteiger partial charge on any atom is -0.352 e. The van der Waals surface area contributed by atoms with E-state index in [1.165, 1.54) is 5.56 Å². The van der Waals surface area contributed by atoms with Crippen molar-refractivity contribution in [3.05, 3.63) is 59.1 Å². The Morgan fingerprint density at radius 1 is 1.11 bits per heavy atom. The fourth-order valence-corrected chi connectivity index (χ4v) is 2.33. The second kappa shape index (κ2) is 4.94. The molecule has 1 heterocycles. The lowest BCUT2D eigenvalue weighted by Crippen LogP contribution is -2.04. The molecule has 0 aliphatic carbocycles. The van der Waals surface area contributed by atoms with Crippen LogP contribution in [0.3, 0.4) is 0 Å². The summed E-state index contributed by atoms with van der Waals surface area (Å²) in [5.41, 5.74) is 3.09. The van der Waals surface area contributed by atoms with Crippen LogP contribution in [0, 0.1) is 0 Å². The molecule has 0 amide bonds. The van der Waals surface area contributed by atoms with E-state index in [0.29, 0.717) is 5.02 Å². The molecular weight excluding hydrogens is 258 g/mol. The van der Waals surface area contributed by atoms with Gasteiger partial charge in [-0.1, -0.05) is 48.0 Å². The first kappa shape index (κ1) is 12.1. The van der Waals surface area contributed by atoms with Crippen LogP contribution in [0.4, 0.5) is 5.95 Å². The lowest BCUT2D eigenvalue weighted by Gasteiger charge is -2.06. The summed E-state index contributed by atoms with van der Waals surface area (Å²) in [6.45, 7) is 0.746. The molecule has 96 valence electrons. The predicted molar refractivity (Wildman–Crippen MR) is 79.5 cm³/mol. The van der Waals surface area contributed by atoms with Gasteiger partial charge in [-0.25, -0.2) is 4.98 Å². The monoisotopic (exact) mass is 271 g/mol. The standard InChI is InChI=1S/C15H14ClN3/c1-19-13-9-5-8-12(16)14(13)18-15(19)17-10-11-6-3-2-4-7-11/h2-9H,10H2,1H3,(H,17,18). The topological polar surface area (TPSA) is 29.9 Å². The summed E-state index contributed by atoms with van der Waals surface area (Å²) in [7, 11) is 1.99. The number of imidazole rings is 1. The van der Waals surface area contributed by atoms with Crippen molar-refractivity contribution in [1.29, 1.82) is 0 Å². The number of rotatable bonds is 3. The van der Waals surface area contributed by atoms with Crippen LogP contribution in [0.2, 0.25) is 5.02 Å². The Morgan fingerprint density at radius 3 is 2.63 bits per heavy atom. The van der Waals surface area contributed by atoms with E-state index in [1.54, 1.807) is 0 Å². The molecule has 0 aliphatic heterocycles. The summed E-state index contributed by atoms with van der Waals surface area (Å²) in [6, 6.07) is 16.1. The number of halogens is 1. The van der Waals surface area contributed by atoms with Gasteiger partial charge in [0.15, 0.2) is 0 Å². The number of para-hydroxylation sites is 1. The summed E-state index contributed by atoms with van der Waals surface area (Å²) in [4.78, 5) is 4.55. The van der Waals surface area contributed by atoms with Crippen LogP contribution >= 0.6 is 11.6 Å². The van der Waals surface area contributed by atoms with Gasteiger partial charge in [0.05, 0.1) is 10.5 Å². The Balaban J connectivity index is 1.89. The minimum absolute atomic E-state index is 0.681. The number of fused-ring (bicyclic) bond motifs is 1. The van der Waals surface area contributed by atoms with Gasteiger partial charge in [-0.3, -0.25) is 0 Å². The quantitative estimate of drug-likeness (QED) is 0.784. The maximum atomic E-state index is 6.16. The number of hydrogen-bond donors (Lipinski definition) is 1. The van der Waals surface area contributed by atoms with Crippen molar-refractivity contribution in [2.24, 2.45) is 7.05 Å². The Hall–Kier alpha value is -2.00. The molecule has 19 heavy (non-hydrogen) atoms. The van der Waals surface area contributed by atoms with Crippen LogP contribution in [0.5, 0.6) is 0 Å². The number of nitrogens with zero attached hydrogens (tertiary/aromatic N) is 2. The van der Waals surface area contributed by atoms with Gasteiger partial charge in [0.2, 0.25) is 5.95 Å². The van der Waals surface area contributed by atoms with Crippen molar-refractivity contribution in [1.82, 2.24) is 9.55 Å². The highest BCUT2D eigenvalue weighted by molar-refractivity contribution is 6.35. The highest BCUT2D eigenvalue weighted by atomic mass is 35.5. The van der Waals surface area contributed by atoms with E-state index < -0.39 is 0 Å². The summed E-state index contributed by atoms with van der Waals surface area (Å²) < 4.78 is 2.02. The van der Waals surface area contributed by atoms with Gasteiger partial charge in [-0.2, -0.15) is 0 Å². The van der Waals surface area contributed by atoms with Crippen molar-refractivity contribution in [2.45, 2.75) is 6.54 Å². The number of aryl methyl sites for hydroxylation is 1. The van der Waals surface area contributed by atoms with Crippen LogP contribution in [0.25, 0.3) is 11.0 Å². The zero-order valence-electron chi connectivity index (χ0n) is 10.6. The average Bonchev–Trinajstić information content (AvgIpc) is 2.77. The van der Waals surface area contributed by atoms with Gasteiger partial charge >= 0.3 is 0 Å². The minimum atomic E-state index is 0.681. The molecule has 0 fully saturated rings. The molecule has 3 nitrogen and oxygen atoms in total. The third-order valence-electron chi connectivity index (χ3n) is 3.16. The number of aromatic nitrogens is 2. The van der Waals surface area contributed by atoms with E-state index in [2.05, 4.69) is 22.4 Å². The van der Waals surface area contributed by atoms with Gasteiger partial charge in [0, 0.05) is 13.6 Å². The Bertz CT molecular complexity index is 704. The Labute approximate surface area is 116 Å². The van der Waals surface area contributed by atoms with Gasteiger partial charge in [0.1, 0.15) is 5.52 Å². The van der Waals surface area contributed by atoms with Crippen molar-refractivity contribution in [3.63, 3.8) is 0 Å². The highest BCUT2D eigenvalue weighted by Crippen LogP contribution is 2.25. The Morgan fingerprint density at radius 2 is 1.89 bits per heavy atom. The molecule has 1 N–H and O–H groups in total. The molecule has 0 radical (unpaired) electrons. The van der Waals surface area contributed by atoms with Gasteiger partial charge < -0.3 is 9.88 Å². The van der Waals surface area contributed by atoms with Crippen LogP contribution in [0.15, 0.2) is 48.5 Å².